The second-order valence-corrected chi connectivity index (χ2v) is 6.32. The van der Waals surface area contributed by atoms with Gasteiger partial charge < -0.3 is 20.3 Å². The molecule has 2 aromatic rings. The lowest BCUT2D eigenvalue weighted by Crippen LogP contribution is -2.36. The lowest BCUT2D eigenvalue weighted by Gasteiger charge is -2.27. The van der Waals surface area contributed by atoms with Crippen molar-refractivity contribution in [1.29, 1.82) is 0 Å². The number of nitrogens with zero attached hydrogens (tertiary/aromatic N) is 2. The summed E-state index contributed by atoms with van der Waals surface area (Å²) in [6.07, 6.45) is 3.70. The van der Waals surface area contributed by atoms with Crippen LogP contribution in [0.4, 0.5) is 17.2 Å². The SMILES string of the molecule is O=C(Nc1ccc(N2CCOCC2)nc1)c1cccc2c1CCCN2. The molecule has 0 spiro atoms. The minimum atomic E-state index is -0.0820. The number of benzene rings is 1. The Hall–Kier alpha value is -2.60. The Labute approximate surface area is 147 Å². The third kappa shape index (κ3) is 3.44. The van der Waals surface area contributed by atoms with Gasteiger partial charge in [0.15, 0.2) is 0 Å². The molecule has 0 atom stereocenters. The van der Waals surface area contributed by atoms with Crippen LogP contribution < -0.4 is 15.5 Å². The highest BCUT2D eigenvalue weighted by molar-refractivity contribution is 6.06. The quantitative estimate of drug-likeness (QED) is 0.900. The van der Waals surface area contributed by atoms with Crippen molar-refractivity contribution in [2.45, 2.75) is 12.8 Å². The van der Waals surface area contributed by atoms with E-state index < -0.39 is 0 Å². The number of pyridine rings is 1. The molecule has 25 heavy (non-hydrogen) atoms. The van der Waals surface area contributed by atoms with Gasteiger partial charge in [0, 0.05) is 30.9 Å². The number of anilines is 3. The molecule has 1 fully saturated rings. The fourth-order valence-corrected chi connectivity index (χ4v) is 3.36. The number of rotatable bonds is 3. The minimum Gasteiger partial charge on any atom is -0.385 e. The molecule has 6 nitrogen and oxygen atoms in total. The molecule has 6 heteroatoms. The number of carbonyl (C=O) groups is 1. The fourth-order valence-electron chi connectivity index (χ4n) is 3.36. The number of aromatic nitrogens is 1. The van der Waals surface area contributed by atoms with Crippen molar-refractivity contribution in [3.8, 4) is 0 Å². The van der Waals surface area contributed by atoms with Crippen molar-refractivity contribution in [2.24, 2.45) is 0 Å². The number of amides is 1. The molecular weight excluding hydrogens is 316 g/mol. The number of hydrogen-bond donors (Lipinski definition) is 2. The van der Waals surface area contributed by atoms with Gasteiger partial charge in [-0.25, -0.2) is 4.98 Å². The molecule has 2 N–H and O–H groups in total. The zero-order valence-electron chi connectivity index (χ0n) is 14.1. The lowest BCUT2D eigenvalue weighted by atomic mass is 9.97. The van der Waals surface area contributed by atoms with Crippen LogP contribution in [0.25, 0.3) is 0 Å². The number of fused-ring (bicyclic) bond motifs is 1. The normalized spacial score (nSPS) is 16.7. The van der Waals surface area contributed by atoms with Gasteiger partial charge in [0.05, 0.1) is 25.1 Å². The third-order valence-electron chi connectivity index (χ3n) is 4.68. The van der Waals surface area contributed by atoms with Crippen LogP contribution in [0.15, 0.2) is 36.5 Å². The van der Waals surface area contributed by atoms with Gasteiger partial charge in [-0.2, -0.15) is 0 Å². The van der Waals surface area contributed by atoms with Gasteiger partial charge >= 0.3 is 0 Å². The molecule has 1 amide bonds. The van der Waals surface area contributed by atoms with Crippen molar-refractivity contribution in [1.82, 2.24) is 4.98 Å². The predicted molar refractivity (Wildman–Crippen MR) is 98.5 cm³/mol. The maximum absolute atomic E-state index is 12.7. The maximum atomic E-state index is 12.7. The summed E-state index contributed by atoms with van der Waals surface area (Å²) in [5.41, 5.74) is 3.62. The fraction of sp³-hybridized carbons (Fsp3) is 0.368. The standard InChI is InChI=1S/C19H22N4O2/c24-19(16-3-1-5-17-15(16)4-2-8-20-17)22-14-6-7-18(21-13-14)23-9-11-25-12-10-23/h1,3,5-7,13,20H,2,4,8-12H2,(H,22,24). The van der Waals surface area contributed by atoms with Gasteiger partial charge in [0.1, 0.15) is 5.82 Å². The molecule has 0 aliphatic carbocycles. The Morgan fingerprint density at radius 1 is 1.20 bits per heavy atom. The summed E-state index contributed by atoms with van der Waals surface area (Å²) in [6, 6.07) is 9.69. The van der Waals surface area contributed by atoms with Crippen LogP contribution in [0, 0.1) is 0 Å². The first-order valence-corrected chi connectivity index (χ1v) is 8.77. The number of nitrogens with one attached hydrogen (secondary N) is 2. The van der Waals surface area contributed by atoms with Crippen molar-refractivity contribution in [3.05, 3.63) is 47.7 Å². The van der Waals surface area contributed by atoms with Crippen molar-refractivity contribution >= 4 is 23.1 Å². The predicted octanol–water partition coefficient (Wildman–Crippen LogP) is 2.53. The summed E-state index contributed by atoms with van der Waals surface area (Å²) >= 11 is 0. The van der Waals surface area contributed by atoms with Gasteiger partial charge in [-0.3, -0.25) is 4.79 Å². The van der Waals surface area contributed by atoms with Gasteiger partial charge in [-0.15, -0.1) is 0 Å². The summed E-state index contributed by atoms with van der Waals surface area (Å²) in [4.78, 5) is 19.3. The molecule has 0 unspecified atom stereocenters. The van der Waals surface area contributed by atoms with Crippen LogP contribution in [0.2, 0.25) is 0 Å². The monoisotopic (exact) mass is 338 g/mol. The Bertz CT molecular complexity index is 755. The van der Waals surface area contributed by atoms with Crippen molar-refractivity contribution in [2.75, 3.05) is 48.4 Å². The van der Waals surface area contributed by atoms with Crippen LogP contribution in [0.1, 0.15) is 22.3 Å². The number of hydrogen-bond acceptors (Lipinski definition) is 5. The van der Waals surface area contributed by atoms with Crippen molar-refractivity contribution < 1.29 is 9.53 Å². The first-order chi connectivity index (χ1) is 12.3. The molecule has 0 saturated carbocycles. The number of ether oxygens (including phenoxy) is 1. The van der Waals surface area contributed by atoms with Gasteiger partial charge in [-0.05, 0) is 42.7 Å². The average molecular weight is 338 g/mol. The van der Waals surface area contributed by atoms with E-state index in [-0.39, 0.29) is 5.91 Å². The van der Waals surface area contributed by atoms with E-state index in [0.29, 0.717) is 5.69 Å². The Morgan fingerprint density at radius 2 is 2.08 bits per heavy atom. The van der Waals surface area contributed by atoms with E-state index in [9.17, 15) is 4.79 Å². The summed E-state index contributed by atoms with van der Waals surface area (Å²) in [5, 5.41) is 6.32. The molecule has 1 saturated heterocycles. The smallest absolute Gasteiger partial charge is 0.256 e. The zero-order valence-corrected chi connectivity index (χ0v) is 14.1. The second-order valence-electron chi connectivity index (χ2n) is 6.32. The first-order valence-electron chi connectivity index (χ1n) is 8.77. The largest absolute Gasteiger partial charge is 0.385 e. The summed E-state index contributed by atoms with van der Waals surface area (Å²) in [7, 11) is 0. The van der Waals surface area contributed by atoms with Crippen LogP contribution in [-0.4, -0.2) is 43.7 Å². The van der Waals surface area contributed by atoms with E-state index >= 15 is 0 Å². The second kappa shape index (κ2) is 7.11. The van der Waals surface area contributed by atoms with Crippen LogP contribution >= 0.6 is 0 Å². The first kappa shape index (κ1) is 15.9. The van der Waals surface area contributed by atoms with E-state index in [1.807, 2.05) is 30.3 Å². The Balaban J connectivity index is 1.48. The van der Waals surface area contributed by atoms with E-state index in [2.05, 4.69) is 20.5 Å². The molecule has 0 radical (unpaired) electrons. The summed E-state index contributed by atoms with van der Waals surface area (Å²) in [6.45, 7) is 4.12. The van der Waals surface area contributed by atoms with Crippen LogP contribution in [0.3, 0.4) is 0 Å². The molecule has 2 aliphatic heterocycles. The molecule has 1 aromatic heterocycles. The van der Waals surface area contributed by atoms with Crippen LogP contribution in [0.5, 0.6) is 0 Å². The van der Waals surface area contributed by atoms with E-state index in [4.69, 9.17) is 4.74 Å². The number of morpholine rings is 1. The maximum Gasteiger partial charge on any atom is 0.256 e. The Kier molecular flexibility index (Phi) is 4.52. The molecule has 2 aliphatic rings. The molecule has 4 rings (SSSR count). The lowest BCUT2D eigenvalue weighted by molar-refractivity contribution is 0.102. The topological polar surface area (TPSA) is 66.5 Å². The summed E-state index contributed by atoms with van der Waals surface area (Å²) in [5.74, 6) is 0.837. The average Bonchev–Trinajstić information content (AvgIpc) is 2.69. The highest BCUT2D eigenvalue weighted by Gasteiger charge is 2.18. The molecular formula is C19H22N4O2. The highest BCUT2D eigenvalue weighted by Crippen LogP contribution is 2.26. The van der Waals surface area contributed by atoms with E-state index in [1.165, 1.54) is 0 Å². The van der Waals surface area contributed by atoms with Crippen molar-refractivity contribution in [3.63, 3.8) is 0 Å². The molecule has 3 heterocycles. The van der Waals surface area contributed by atoms with Gasteiger partial charge in [0.25, 0.3) is 5.91 Å². The number of carbonyl (C=O) groups excluding carboxylic acids is 1. The Morgan fingerprint density at radius 3 is 2.88 bits per heavy atom. The van der Waals surface area contributed by atoms with Gasteiger partial charge in [0.2, 0.25) is 0 Å². The zero-order chi connectivity index (χ0) is 17.1. The van der Waals surface area contributed by atoms with Crippen LogP contribution in [-0.2, 0) is 11.2 Å². The molecule has 1 aromatic carbocycles. The molecule has 0 bridgehead atoms. The van der Waals surface area contributed by atoms with E-state index in [0.717, 1.165) is 68.3 Å². The third-order valence-corrected chi connectivity index (χ3v) is 4.68. The molecule has 130 valence electrons. The van der Waals surface area contributed by atoms with E-state index in [1.54, 1.807) is 6.20 Å². The highest BCUT2D eigenvalue weighted by atomic mass is 16.5. The minimum absolute atomic E-state index is 0.0820. The van der Waals surface area contributed by atoms with Gasteiger partial charge in [-0.1, -0.05) is 6.07 Å². The summed E-state index contributed by atoms with van der Waals surface area (Å²) < 4.78 is 5.36.